The van der Waals surface area contributed by atoms with Crippen LogP contribution in [-0.4, -0.2) is 36.3 Å². The van der Waals surface area contributed by atoms with Gasteiger partial charge in [-0.25, -0.2) is 0 Å². The molecule has 1 N–H and O–H groups in total. The Kier molecular flexibility index (Phi) is 8.97. The number of hydrogen-bond acceptors (Lipinski definition) is 2. The lowest BCUT2D eigenvalue weighted by molar-refractivity contribution is 0.265. The molecule has 107 valence electrons. The van der Waals surface area contributed by atoms with Gasteiger partial charge in [-0.05, 0) is 51.0 Å². The Hall–Kier alpha value is -0.510. The van der Waals surface area contributed by atoms with Crippen molar-refractivity contribution in [1.82, 2.24) is 10.6 Å². The van der Waals surface area contributed by atoms with Crippen LogP contribution in [0.4, 0.5) is 0 Å². The molecular weight excluding hydrogens is 252 g/mol. The van der Waals surface area contributed by atoms with Crippen molar-refractivity contribution in [3.63, 3.8) is 0 Å². The highest BCUT2D eigenvalue weighted by Gasteiger charge is 2.08. The molecule has 1 rings (SSSR count). The van der Waals surface area contributed by atoms with Crippen molar-refractivity contribution >= 4 is 11.8 Å². The molecule has 2 nitrogen and oxygen atoms in total. The fraction of sp³-hybridized carbons (Fsp3) is 0.625. The summed E-state index contributed by atoms with van der Waals surface area (Å²) in [4.78, 5) is 3.77. The molecule has 0 aliphatic heterocycles. The topological polar surface area (TPSA) is 27.0 Å². The van der Waals surface area contributed by atoms with E-state index >= 15 is 0 Å². The molecule has 0 saturated heterocycles. The average molecular weight is 279 g/mol. The number of nitrogens with zero attached hydrogens (tertiary/aromatic N) is 1. The van der Waals surface area contributed by atoms with E-state index in [4.69, 9.17) is 5.73 Å². The van der Waals surface area contributed by atoms with Gasteiger partial charge in [0.1, 0.15) is 0 Å². The molecule has 0 aliphatic carbocycles. The Morgan fingerprint density at radius 1 is 1.05 bits per heavy atom. The van der Waals surface area contributed by atoms with Gasteiger partial charge < -0.3 is 4.90 Å². The highest BCUT2D eigenvalue weighted by molar-refractivity contribution is 7.99. The Morgan fingerprint density at radius 3 is 2.26 bits per heavy atom. The molecule has 1 aromatic rings. The van der Waals surface area contributed by atoms with E-state index in [0.29, 0.717) is 0 Å². The smallest absolute Gasteiger partial charge is 0.0319 e. The van der Waals surface area contributed by atoms with Crippen LogP contribution in [0.5, 0.6) is 0 Å². The monoisotopic (exact) mass is 279 g/mol. The van der Waals surface area contributed by atoms with Gasteiger partial charge in [-0.1, -0.05) is 32.0 Å². The zero-order valence-corrected chi connectivity index (χ0v) is 13.1. The van der Waals surface area contributed by atoms with Crippen LogP contribution in [0.2, 0.25) is 0 Å². The van der Waals surface area contributed by atoms with Crippen LogP contribution >= 0.6 is 11.8 Å². The summed E-state index contributed by atoms with van der Waals surface area (Å²) < 4.78 is 0. The molecule has 0 fully saturated rings. The molecule has 0 unspecified atom stereocenters. The predicted molar refractivity (Wildman–Crippen MR) is 85.7 cm³/mol. The molecule has 0 bridgehead atoms. The molecule has 1 radical (unpaired) electrons. The van der Waals surface area contributed by atoms with E-state index in [1.807, 2.05) is 6.07 Å². The lowest BCUT2D eigenvalue weighted by atomic mass is 10.2. The van der Waals surface area contributed by atoms with Crippen molar-refractivity contribution in [2.24, 2.45) is 0 Å². The van der Waals surface area contributed by atoms with Crippen LogP contribution in [0.25, 0.3) is 0 Å². The largest absolute Gasteiger partial charge is 0.303 e. The first-order valence-electron chi connectivity index (χ1n) is 7.37. The quantitative estimate of drug-likeness (QED) is 0.607. The fourth-order valence-electron chi connectivity index (χ4n) is 2.10. The summed E-state index contributed by atoms with van der Waals surface area (Å²) in [6.45, 7) is 7.88. The molecule has 1 aromatic carbocycles. The summed E-state index contributed by atoms with van der Waals surface area (Å²) in [5.41, 5.74) is 8.13. The van der Waals surface area contributed by atoms with Crippen LogP contribution in [0.3, 0.4) is 0 Å². The first-order chi connectivity index (χ1) is 9.26. The van der Waals surface area contributed by atoms with Crippen molar-refractivity contribution in [3.05, 3.63) is 30.3 Å². The number of thioether (sulfide) groups is 1. The highest BCUT2D eigenvalue weighted by atomic mass is 32.2. The maximum absolute atomic E-state index is 8.13. The highest BCUT2D eigenvalue weighted by Crippen LogP contribution is 2.18. The minimum Gasteiger partial charge on any atom is -0.303 e. The van der Waals surface area contributed by atoms with Gasteiger partial charge in [-0.2, -0.15) is 0 Å². The molecule has 0 spiro atoms. The average Bonchev–Trinajstić information content (AvgIpc) is 2.44. The lowest BCUT2D eigenvalue weighted by Gasteiger charge is -2.22. The number of hydrogen-bond donors (Lipinski definition) is 0. The molecule has 0 aliphatic rings. The standard InChI is InChI=1S/C16H27N2S/c1-3-11-18(12-4-2)13-10-15(17)14-19-16-8-6-5-7-9-16/h5-9,15,17H,3-4,10-14H2,1-2H3/t15-/m1/s1. The second-order valence-electron chi connectivity index (χ2n) is 4.95. The van der Waals surface area contributed by atoms with E-state index in [1.54, 1.807) is 11.8 Å². The van der Waals surface area contributed by atoms with E-state index in [9.17, 15) is 0 Å². The Balaban J connectivity index is 2.21. The third-order valence-corrected chi connectivity index (χ3v) is 4.24. The van der Waals surface area contributed by atoms with Gasteiger partial charge in [0.25, 0.3) is 0 Å². The zero-order valence-electron chi connectivity index (χ0n) is 12.3. The molecule has 0 aromatic heterocycles. The van der Waals surface area contributed by atoms with Crippen LogP contribution in [0, 0.1) is 0 Å². The third kappa shape index (κ3) is 7.61. The summed E-state index contributed by atoms with van der Waals surface area (Å²) in [7, 11) is 0. The minimum atomic E-state index is 0.0430. The van der Waals surface area contributed by atoms with Gasteiger partial charge in [-0.15, -0.1) is 11.8 Å². The van der Waals surface area contributed by atoms with Crippen molar-refractivity contribution in [2.75, 3.05) is 25.4 Å². The summed E-state index contributed by atoms with van der Waals surface area (Å²) in [6, 6.07) is 10.4. The molecular formula is C16H27N2S. The van der Waals surface area contributed by atoms with Gasteiger partial charge in [0.15, 0.2) is 0 Å². The van der Waals surface area contributed by atoms with Crippen molar-refractivity contribution in [2.45, 2.75) is 44.0 Å². The summed E-state index contributed by atoms with van der Waals surface area (Å²) in [6.07, 6.45) is 3.41. The van der Waals surface area contributed by atoms with E-state index in [-0.39, 0.29) is 6.04 Å². The van der Waals surface area contributed by atoms with Gasteiger partial charge in [0, 0.05) is 16.7 Å². The summed E-state index contributed by atoms with van der Waals surface area (Å²) in [5.74, 6) is 0.899. The number of nitrogens with one attached hydrogen (secondary N) is 1. The van der Waals surface area contributed by atoms with Crippen LogP contribution < -0.4 is 5.73 Å². The first-order valence-corrected chi connectivity index (χ1v) is 8.36. The number of rotatable bonds is 10. The van der Waals surface area contributed by atoms with Crippen LogP contribution in [0.1, 0.15) is 33.1 Å². The maximum atomic E-state index is 8.13. The molecule has 0 amide bonds. The Bertz CT molecular complexity index is 310. The summed E-state index contributed by atoms with van der Waals surface area (Å²) >= 11 is 1.80. The van der Waals surface area contributed by atoms with Gasteiger partial charge >= 0.3 is 0 Å². The van der Waals surface area contributed by atoms with E-state index < -0.39 is 0 Å². The van der Waals surface area contributed by atoms with Crippen molar-refractivity contribution in [1.29, 1.82) is 0 Å². The minimum absolute atomic E-state index is 0.0430. The summed E-state index contributed by atoms with van der Waals surface area (Å²) in [5, 5.41) is 0. The second kappa shape index (κ2) is 10.3. The van der Waals surface area contributed by atoms with Gasteiger partial charge in [0.05, 0.1) is 0 Å². The van der Waals surface area contributed by atoms with Crippen LogP contribution in [-0.2, 0) is 0 Å². The zero-order chi connectivity index (χ0) is 13.9. The fourth-order valence-corrected chi connectivity index (χ4v) is 3.01. The Morgan fingerprint density at radius 2 is 1.68 bits per heavy atom. The lowest BCUT2D eigenvalue weighted by Crippen LogP contribution is -2.30. The van der Waals surface area contributed by atoms with Crippen molar-refractivity contribution in [3.8, 4) is 0 Å². The first kappa shape index (κ1) is 16.5. The number of benzene rings is 1. The predicted octanol–water partition coefficient (Wildman–Crippen LogP) is 3.94. The van der Waals surface area contributed by atoms with E-state index in [1.165, 1.54) is 30.8 Å². The van der Waals surface area contributed by atoms with E-state index in [0.717, 1.165) is 18.7 Å². The third-order valence-electron chi connectivity index (χ3n) is 3.07. The normalized spacial score (nSPS) is 12.8. The Labute approximate surface area is 122 Å². The molecule has 0 heterocycles. The molecule has 19 heavy (non-hydrogen) atoms. The molecule has 1 atom stereocenters. The van der Waals surface area contributed by atoms with Gasteiger partial charge in [0.2, 0.25) is 0 Å². The SMILES string of the molecule is CCCN(CCC)CC[C@@H]([NH])CSc1ccccc1. The van der Waals surface area contributed by atoms with Crippen molar-refractivity contribution < 1.29 is 0 Å². The molecule has 0 saturated carbocycles. The second-order valence-corrected chi connectivity index (χ2v) is 6.04. The maximum Gasteiger partial charge on any atom is 0.0319 e. The van der Waals surface area contributed by atoms with Crippen LogP contribution in [0.15, 0.2) is 35.2 Å². The molecule has 3 heteroatoms. The van der Waals surface area contributed by atoms with E-state index in [2.05, 4.69) is 43.0 Å². The van der Waals surface area contributed by atoms with Gasteiger partial charge in [-0.3, -0.25) is 5.73 Å².